The minimum absolute atomic E-state index is 0.473. The minimum atomic E-state index is -1.24. The maximum absolute atomic E-state index is 13.5. The Bertz CT molecular complexity index is 914. The van der Waals surface area contributed by atoms with Crippen LogP contribution >= 0.6 is 0 Å². The van der Waals surface area contributed by atoms with Crippen LogP contribution < -0.4 is 5.32 Å². The van der Waals surface area contributed by atoms with Gasteiger partial charge in [0, 0.05) is 5.39 Å². The SMILES string of the molecule is C[C@@H](NC(=O)COC(=O)c1c(F)cccc1F)c1cc2ccccc2o1. The van der Waals surface area contributed by atoms with Crippen LogP contribution in [0, 0.1) is 11.6 Å². The molecule has 1 aromatic heterocycles. The molecule has 1 amide bonds. The lowest BCUT2D eigenvalue weighted by Crippen LogP contribution is -2.31. The average Bonchev–Trinajstić information content (AvgIpc) is 3.04. The van der Waals surface area contributed by atoms with Crippen molar-refractivity contribution in [1.82, 2.24) is 5.32 Å². The zero-order valence-electron chi connectivity index (χ0n) is 13.8. The third-order valence-electron chi connectivity index (χ3n) is 3.75. The third-order valence-corrected chi connectivity index (χ3v) is 3.75. The average molecular weight is 359 g/mol. The van der Waals surface area contributed by atoms with Crippen LogP contribution in [0.1, 0.15) is 29.1 Å². The van der Waals surface area contributed by atoms with Gasteiger partial charge in [-0.2, -0.15) is 0 Å². The number of halogens is 2. The fraction of sp³-hybridized carbons (Fsp3) is 0.158. The van der Waals surface area contributed by atoms with Crippen molar-refractivity contribution in [2.24, 2.45) is 0 Å². The molecule has 0 saturated heterocycles. The Hall–Kier alpha value is -3.22. The van der Waals surface area contributed by atoms with E-state index in [9.17, 15) is 18.4 Å². The second kappa shape index (κ2) is 7.35. The smallest absolute Gasteiger partial charge is 0.344 e. The van der Waals surface area contributed by atoms with Crippen molar-refractivity contribution < 1.29 is 27.5 Å². The highest BCUT2D eigenvalue weighted by Crippen LogP contribution is 2.23. The molecule has 0 spiro atoms. The molecular formula is C19H15F2NO4. The third kappa shape index (κ3) is 3.72. The van der Waals surface area contributed by atoms with Crippen molar-refractivity contribution in [3.8, 4) is 0 Å². The molecule has 0 aliphatic heterocycles. The first-order valence-corrected chi connectivity index (χ1v) is 7.84. The number of nitrogens with one attached hydrogen (secondary N) is 1. The van der Waals surface area contributed by atoms with Crippen LogP contribution in [0.2, 0.25) is 0 Å². The molecule has 0 saturated carbocycles. The normalized spacial score (nSPS) is 12.0. The van der Waals surface area contributed by atoms with Crippen molar-refractivity contribution in [3.63, 3.8) is 0 Å². The van der Waals surface area contributed by atoms with Crippen molar-refractivity contribution in [1.29, 1.82) is 0 Å². The molecule has 1 N–H and O–H groups in total. The fourth-order valence-electron chi connectivity index (χ4n) is 2.47. The highest BCUT2D eigenvalue weighted by Gasteiger charge is 2.20. The molecule has 1 heterocycles. The molecule has 0 aliphatic rings. The monoisotopic (exact) mass is 359 g/mol. The maximum Gasteiger partial charge on any atom is 0.344 e. The molecule has 0 fully saturated rings. The Balaban J connectivity index is 1.59. The lowest BCUT2D eigenvalue weighted by atomic mass is 10.2. The maximum atomic E-state index is 13.5. The fourth-order valence-corrected chi connectivity index (χ4v) is 2.47. The number of hydrogen-bond donors (Lipinski definition) is 1. The Labute approximate surface area is 147 Å². The predicted octanol–water partition coefficient (Wildman–Crippen LogP) is 3.75. The highest BCUT2D eigenvalue weighted by molar-refractivity contribution is 5.91. The van der Waals surface area contributed by atoms with Gasteiger partial charge < -0.3 is 14.5 Å². The van der Waals surface area contributed by atoms with Gasteiger partial charge in [-0.3, -0.25) is 4.79 Å². The van der Waals surface area contributed by atoms with E-state index in [4.69, 9.17) is 4.42 Å². The quantitative estimate of drug-likeness (QED) is 0.705. The molecule has 7 heteroatoms. The summed E-state index contributed by atoms with van der Waals surface area (Å²) in [6.07, 6.45) is 0. The van der Waals surface area contributed by atoms with E-state index >= 15 is 0 Å². The molecule has 3 aromatic rings. The molecule has 2 aromatic carbocycles. The van der Waals surface area contributed by atoms with E-state index in [1.54, 1.807) is 19.1 Å². The van der Waals surface area contributed by atoms with E-state index in [2.05, 4.69) is 10.1 Å². The Morgan fingerprint density at radius 3 is 2.50 bits per heavy atom. The summed E-state index contributed by atoms with van der Waals surface area (Å²) in [5, 5.41) is 3.49. The van der Waals surface area contributed by atoms with Gasteiger partial charge in [0.1, 0.15) is 28.5 Å². The number of para-hydroxylation sites is 1. The number of furan rings is 1. The number of esters is 1. The summed E-state index contributed by atoms with van der Waals surface area (Å²) in [5.74, 6) is -3.43. The van der Waals surface area contributed by atoms with E-state index in [-0.39, 0.29) is 0 Å². The number of benzene rings is 2. The number of carbonyl (C=O) groups is 2. The number of hydrogen-bond acceptors (Lipinski definition) is 4. The summed E-state index contributed by atoms with van der Waals surface area (Å²) >= 11 is 0. The number of fused-ring (bicyclic) bond motifs is 1. The van der Waals surface area contributed by atoms with Gasteiger partial charge in [-0.1, -0.05) is 24.3 Å². The van der Waals surface area contributed by atoms with Gasteiger partial charge in [0.15, 0.2) is 6.61 Å². The van der Waals surface area contributed by atoms with Crippen LogP contribution in [0.5, 0.6) is 0 Å². The first-order chi connectivity index (χ1) is 12.5. The minimum Gasteiger partial charge on any atom is -0.459 e. The van der Waals surface area contributed by atoms with E-state index in [0.29, 0.717) is 11.3 Å². The second-order valence-electron chi connectivity index (χ2n) is 5.65. The van der Waals surface area contributed by atoms with Crippen molar-refractivity contribution in [3.05, 3.63) is 71.5 Å². The van der Waals surface area contributed by atoms with E-state index in [1.165, 1.54) is 0 Å². The van der Waals surface area contributed by atoms with Crippen LogP contribution in [-0.4, -0.2) is 18.5 Å². The lowest BCUT2D eigenvalue weighted by Gasteiger charge is -2.12. The van der Waals surface area contributed by atoms with Crippen LogP contribution in [0.15, 0.2) is 52.9 Å². The molecular weight excluding hydrogens is 344 g/mol. The van der Waals surface area contributed by atoms with Crippen LogP contribution in [0.3, 0.4) is 0 Å². The summed E-state index contributed by atoms with van der Waals surface area (Å²) in [6, 6.07) is 11.7. The standard InChI is InChI=1S/C19H15F2NO4/c1-11(16-9-12-5-2-3-8-15(12)26-16)22-17(23)10-25-19(24)18-13(20)6-4-7-14(18)21/h2-9,11H,10H2,1H3,(H,22,23)/t11-/m1/s1. The Kier molecular flexibility index (Phi) is 4.97. The molecule has 134 valence electrons. The summed E-state index contributed by atoms with van der Waals surface area (Å²) < 4.78 is 37.3. The highest BCUT2D eigenvalue weighted by atomic mass is 19.1. The number of amides is 1. The topological polar surface area (TPSA) is 68.5 Å². The van der Waals surface area contributed by atoms with Gasteiger partial charge in [0.2, 0.25) is 0 Å². The molecule has 3 rings (SSSR count). The Morgan fingerprint density at radius 2 is 1.81 bits per heavy atom. The predicted molar refractivity (Wildman–Crippen MR) is 89.4 cm³/mol. The molecule has 0 unspecified atom stereocenters. The molecule has 1 atom stereocenters. The van der Waals surface area contributed by atoms with Gasteiger partial charge in [-0.15, -0.1) is 0 Å². The van der Waals surface area contributed by atoms with Gasteiger partial charge in [0.25, 0.3) is 5.91 Å². The summed E-state index contributed by atoms with van der Waals surface area (Å²) in [5.41, 5.74) is -0.143. The first kappa shape index (κ1) is 17.6. The number of rotatable bonds is 5. The molecule has 0 bridgehead atoms. The van der Waals surface area contributed by atoms with Crippen molar-refractivity contribution >= 4 is 22.8 Å². The van der Waals surface area contributed by atoms with E-state index < -0.39 is 41.7 Å². The molecule has 0 radical (unpaired) electrons. The lowest BCUT2D eigenvalue weighted by molar-refractivity contribution is -0.125. The number of ether oxygens (including phenoxy) is 1. The number of carbonyl (C=O) groups excluding carboxylic acids is 2. The van der Waals surface area contributed by atoms with E-state index in [1.807, 2.05) is 18.2 Å². The summed E-state index contributed by atoms with van der Waals surface area (Å²) in [7, 11) is 0. The zero-order chi connectivity index (χ0) is 18.7. The molecule has 0 aliphatic carbocycles. The van der Waals surface area contributed by atoms with Gasteiger partial charge >= 0.3 is 5.97 Å². The molecule has 5 nitrogen and oxygen atoms in total. The summed E-state index contributed by atoms with van der Waals surface area (Å²) in [4.78, 5) is 23.7. The van der Waals surface area contributed by atoms with Gasteiger partial charge in [-0.25, -0.2) is 13.6 Å². The van der Waals surface area contributed by atoms with Gasteiger partial charge in [-0.05, 0) is 31.2 Å². The van der Waals surface area contributed by atoms with E-state index in [0.717, 1.165) is 23.6 Å². The Morgan fingerprint density at radius 1 is 1.12 bits per heavy atom. The molecule has 26 heavy (non-hydrogen) atoms. The second-order valence-corrected chi connectivity index (χ2v) is 5.65. The van der Waals surface area contributed by atoms with Gasteiger partial charge in [0.05, 0.1) is 6.04 Å². The summed E-state index contributed by atoms with van der Waals surface area (Å²) in [6.45, 7) is 1.03. The first-order valence-electron chi connectivity index (χ1n) is 7.84. The van der Waals surface area contributed by atoms with Crippen LogP contribution in [0.4, 0.5) is 8.78 Å². The van der Waals surface area contributed by atoms with Crippen LogP contribution in [-0.2, 0) is 9.53 Å². The van der Waals surface area contributed by atoms with Crippen molar-refractivity contribution in [2.75, 3.05) is 6.61 Å². The van der Waals surface area contributed by atoms with Crippen molar-refractivity contribution in [2.45, 2.75) is 13.0 Å². The largest absolute Gasteiger partial charge is 0.459 e. The van der Waals surface area contributed by atoms with Crippen LogP contribution in [0.25, 0.3) is 11.0 Å². The zero-order valence-corrected chi connectivity index (χ0v) is 13.8.